The van der Waals surface area contributed by atoms with Crippen molar-refractivity contribution in [2.24, 2.45) is 0 Å². The van der Waals surface area contributed by atoms with Gasteiger partial charge in [-0.3, -0.25) is 0 Å². The molecular formula is C14H31NO. The molecule has 98 valence electrons. The third kappa shape index (κ3) is 4.42. The van der Waals surface area contributed by atoms with Gasteiger partial charge in [0.25, 0.3) is 0 Å². The highest BCUT2D eigenvalue weighted by Crippen LogP contribution is 2.27. The summed E-state index contributed by atoms with van der Waals surface area (Å²) in [5.74, 6) is 0. The van der Waals surface area contributed by atoms with Crippen molar-refractivity contribution in [3.8, 4) is 0 Å². The smallest absolute Gasteiger partial charge is 0.0825 e. The number of unbranched alkanes of at least 4 members (excludes halogenated alkanes) is 1. The third-order valence-corrected chi connectivity index (χ3v) is 3.73. The van der Waals surface area contributed by atoms with E-state index in [1.807, 2.05) is 7.11 Å². The number of ether oxygens (including phenoxy) is 1. The Morgan fingerprint density at radius 1 is 1.06 bits per heavy atom. The summed E-state index contributed by atoms with van der Waals surface area (Å²) in [6.45, 7) is 10.0. The fourth-order valence-electron chi connectivity index (χ4n) is 2.45. The van der Waals surface area contributed by atoms with Crippen LogP contribution in [0.2, 0.25) is 0 Å². The van der Waals surface area contributed by atoms with E-state index in [0.29, 0.717) is 6.04 Å². The van der Waals surface area contributed by atoms with Crippen LogP contribution < -0.4 is 5.32 Å². The van der Waals surface area contributed by atoms with Crippen molar-refractivity contribution >= 4 is 0 Å². The van der Waals surface area contributed by atoms with Crippen molar-refractivity contribution in [1.82, 2.24) is 5.32 Å². The van der Waals surface area contributed by atoms with Crippen molar-refractivity contribution in [2.75, 3.05) is 13.7 Å². The fraction of sp³-hybridized carbons (Fsp3) is 1.00. The minimum Gasteiger partial charge on any atom is -0.377 e. The maximum absolute atomic E-state index is 5.83. The van der Waals surface area contributed by atoms with E-state index < -0.39 is 0 Å². The molecule has 0 heterocycles. The largest absolute Gasteiger partial charge is 0.377 e. The van der Waals surface area contributed by atoms with Gasteiger partial charge in [-0.05, 0) is 32.2 Å². The first-order valence-corrected chi connectivity index (χ1v) is 6.99. The molecule has 2 nitrogen and oxygen atoms in total. The molecule has 0 aromatic heterocycles. The lowest BCUT2D eigenvalue weighted by atomic mass is 9.85. The summed E-state index contributed by atoms with van der Waals surface area (Å²) >= 11 is 0. The molecule has 0 saturated carbocycles. The average Bonchev–Trinajstić information content (AvgIpc) is 2.34. The van der Waals surface area contributed by atoms with Crippen LogP contribution in [-0.2, 0) is 4.74 Å². The summed E-state index contributed by atoms with van der Waals surface area (Å²) in [6.07, 6.45) is 7.14. The first-order chi connectivity index (χ1) is 7.70. The second-order valence-electron chi connectivity index (χ2n) is 4.62. The standard InChI is InChI=1S/C14H31NO/c1-6-10-11-13(15-12-7-2)14(8-3,9-4)16-5/h13,15H,6-12H2,1-5H3. The summed E-state index contributed by atoms with van der Waals surface area (Å²) in [6, 6.07) is 0.507. The first-order valence-electron chi connectivity index (χ1n) is 6.99. The highest BCUT2D eigenvalue weighted by molar-refractivity contribution is 4.91. The molecule has 0 aliphatic rings. The predicted molar refractivity (Wildman–Crippen MR) is 71.9 cm³/mol. The highest BCUT2D eigenvalue weighted by atomic mass is 16.5. The van der Waals surface area contributed by atoms with Gasteiger partial charge in [0.1, 0.15) is 0 Å². The molecule has 0 aliphatic heterocycles. The van der Waals surface area contributed by atoms with Gasteiger partial charge in [0, 0.05) is 13.2 Å². The molecular weight excluding hydrogens is 198 g/mol. The van der Waals surface area contributed by atoms with E-state index in [-0.39, 0.29) is 5.60 Å². The van der Waals surface area contributed by atoms with Gasteiger partial charge in [0.2, 0.25) is 0 Å². The molecule has 2 heteroatoms. The normalized spacial score (nSPS) is 14.1. The molecule has 0 rings (SSSR count). The Morgan fingerprint density at radius 3 is 2.06 bits per heavy atom. The van der Waals surface area contributed by atoms with Gasteiger partial charge < -0.3 is 10.1 Å². The van der Waals surface area contributed by atoms with Crippen molar-refractivity contribution in [2.45, 2.75) is 77.9 Å². The molecule has 0 spiro atoms. The maximum Gasteiger partial charge on any atom is 0.0825 e. The summed E-state index contributed by atoms with van der Waals surface area (Å²) in [7, 11) is 1.86. The lowest BCUT2D eigenvalue weighted by molar-refractivity contribution is -0.0497. The number of methoxy groups -OCH3 is 1. The number of hydrogen-bond acceptors (Lipinski definition) is 2. The minimum atomic E-state index is 0.0321. The van der Waals surface area contributed by atoms with Gasteiger partial charge in [-0.1, -0.05) is 40.5 Å². The summed E-state index contributed by atoms with van der Waals surface area (Å²) < 4.78 is 5.83. The molecule has 16 heavy (non-hydrogen) atoms. The van der Waals surface area contributed by atoms with E-state index in [0.717, 1.165) is 19.4 Å². The third-order valence-electron chi connectivity index (χ3n) is 3.73. The van der Waals surface area contributed by atoms with Crippen molar-refractivity contribution in [3.05, 3.63) is 0 Å². The van der Waals surface area contributed by atoms with Gasteiger partial charge in [0.15, 0.2) is 0 Å². The predicted octanol–water partition coefficient (Wildman–Crippen LogP) is 3.75. The molecule has 0 aromatic carbocycles. The van der Waals surface area contributed by atoms with E-state index in [4.69, 9.17) is 4.74 Å². The highest BCUT2D eigenvalue weighted by Gasteiger charge is 2.34. The van der Waals surface area contributed by atoms with Crippen LogP contribution in [0.5, 0.6) is 0 Å². The SMILES string of the molecule is CCCCC(NCCC)C(CC)(CC)OC. The Balaban J connectivity index is 4.52. The zero-order valence-corrected chi connectivity index (χ0v) is 11.9. The molecule has 0 aromatic rings. The molecule has 0 bridgehead atoms. The molecule has 0 aliphatic carbocycles. The lowest BCUT2D eigenvalue weighted by Gasteiger charge is -2.39. The van der Waals surface area contributed by atoms with Gasteiger partial charge in [-0.15, -0.1) is 0 Å². The van der Waals surface area contributed by atoms with E-state index in [1.165, 1.54) is 25.7 Å². The van der Waals surface area contributed by atoms with Crippen LogP contribution in [0.3, 0.4) is 0 Å². The van der Waals surface area contributed by atoms with E-state index in [1.54, 1.807) is 0 Å². The van der Waals surface area contributed by atoms with Crippen molar-refractivity contribution in [1.29, 1.82) is 0 Å². The van der Waals surface area contributed by atoms with Crippen LogP contribution in [0.4, 0.5) is 0 Å². The second-order valence-corrected chi connectivity index (χ2v) is 4.62. The quantitative estimate of drug-likeness (QED) is 0.616. The lowest BCUT2D eigenvalue weighted by Crippen LogP contribution is -2.51. The van der Waals surface area contributed by atoms with E-state index >= 15 is 0 Å². The van der Waals surface area contributed by atoms with Crippen LogP contribution in [-0.4, -0.2) is 25.3 Å². The minimum absolute atomic E-state index is 0.0321. The van der Waals surface area contributed by atoms with Crippen LogP contribution in [0.25, 0.3) is 0 Å². The number of nitrogens with one attached hydrogen (secondary N) is 1. The molecule has 0 saturated heterocycles. The second kappa shape index (κ2) is 9.00. The van der Waals surface area contributed by atoms with Gasteiger partial charge in [-0.2, -0.15) is 0 Å². The van der Waals surface area contributed by atoms with Crippen LogP contribution in [0.15, 0.2) is 0 Å². The summed E-state index contributed by atoms with van der Waals surface area (Å²) in [5, 5.41) is 3.67. The Kier molecular flexibility index (Phi) is 8.96. The zero-order valence-electron chi connectivity index (χ0n) is 11.9. The summed E-state index contributed by atoms with van der Waals surface area (Å²) in [4.78, 5) is 0. The Morgan fingerprint density at radius 2 is 1.69 bits per heavy atom. The monoisotopic (exact) mass is 229 g/mol. The molecule has 0 fully saturated rings. The number of hydrogen-bond donors (Lipinski definition) is 1. The average molecular weight is 229 g/mol. The van der Waals surface area contributed by atoms with Crippen LogP contribution in [0, 0.1) is 0 Å². The van der Waals surface area contributed by atoms with Gasteiger partial charge >= 0.3 is 0 Å². The zero-order chi connectivity index (χ0) is 12.4. The molecule has 0 radical (unpaired) electrons. The molecule has 1 N–H and O–H groups in total. The Bertz CT molecular complexity index is 139. The maximum atomic E-state index is 5.83. The molecule has 1 atom stereocenters. The van der Waals surface area contributed by atoms with E-state index in [2.05, 4.69) is 33.0 Å². The van der Waals surface area contributed by atoms with Crippen molar-refractivity contribution in [3.63, 3.8) is 0 Å². The molecule has 1 unspecified atom stereocenters. The van der Waals surface area contributed by atoms with Crippen LogP contribution >= 0.6 is 0 Å². The Labute approximate surface area is 102 Å². The number of rotatable bonds is 10. The topological polar surface area (TPSA) is 21.3 Å². The van der Waals surface area contributed by atoms with E-state index in [9.17, 15) is 0 Å². The summed E-state index contributed by atoms with van der Waals surface area (Å²) in [5.41, 5.74) is 0.0321. The van der Waals surface area contributed by atoms with Crippen molar-refractivity contribution < 1.29 is 4.74 Å². The molecule has 0 amide bonds. The van der Waals surface area contributed by atoms with Gasteiger partial charge in [0.05, 0.1) is 5.60 Å². The fourth-order valence-corrected chi connectivity index (χ4v) is 2.45. The van der Waals surface area contributed by atoms with Gasteiger partial charge in [-0.25, -0.2) is 0 Å². The van der Waals surface area contributed by atoms with Crippen LogP contribution in [0.1, 0.15) is 66.2 Å². The Hall–Kier alpha value is -0.0800. The first kappa shape index (κ1) is 15.9.